The lowest BCUT2D eigenvalue weighted by atomic mass is 9.58. The topological polar surface area (TPSA) is 158 Å². The highest BCUT2D eigenvalue weighted by Crippen LogP contribution is 2.46. The van der Waals surface area contributed by atoms with Crippen LogP contribution in [0, 0.1) is 16.7 Å². The van der Waals surface area contributed by atoms with E-state index in [2.05, 4.69) is 21.4 Å². The quantitative estimate of drug-likeness (QED) is 0.149. The van der Waals surface area contributed by atoms with Gasteiger partial charge in [-0.25, -0.2) is 14.6 Å². The van der Waals surface area contributed by atoms with E-state index >= 15 is 0 Å². The van der Waals surface area contributed by atoms with Gasteiger partial charge in [-0.15, -0.1) is 0 Å². The standard InChI is InChI=1S/C40H53N5O7/c1-39(2,3)34(43-38(50)52-7)36(48)44-45(24-27-18-20-29(21-19-27)28-16-12-9-13-17-28)25-32(46)31(22-26-14-10-8-11-15-26)41-35(47)30-23-33(40(30,4)5)42-37(49)51-6/h8-21,30-34,46H,22-25H2,1-7H3,(H,41,47)(H,42,49)(H,43,50)(H,44,48). The predicted molar refractivity (Wildman–Crippen MR) is 199 cm³/mol. The molecule has 3 aromatic rings. The van der Waals surface area contributed by atoms with Gasteiger partial charge < -0.3 is 30.5 Å². The second-order valence-corrected chi connectivity index (χ2v) is 15.0. The van der Waals surface area contributed by atoms with Gasteiger partial charge in [-0.1, -0.05) is 120 Å². The van der Waals surface area contributed by atoms with E-state index in [1.165, 1.54) is 14.2 Å². The Hall–Kier alpha value is -4.94. The third-order valence-electron chi connectivity index (χ3n) is 9.84. The molecular weight excluding hydrogens is 662 g/mol. The number of nitrogens with one attached hydrogen (secondary N) is 4. The number of benzene rings is 3. The number of rotatable bonds is 14. The summed E-state index contributed by atoms with van der Waals surface area (Å²) in [7, 11) is 2.53. The Morgan fingerprint density at radius 1 is 0.827 bits per heavy atom. The molecule has 0 spiro atoms. The van der Waals surface area contributed by atoms with Crippen molar-refractivity contribution < 1.29 is 33.8 Å². The lowest BCUT2D eigenvalue weighted by Crippen LogP contribution is -2.64. The Morgan fingerprint density at radius 3 is 1.96 bits per heavy atom. The molecule has 52 heavy (non-hydrogen) atoms. The van der Waals surface area contributed by atoms with E-state index in [0.29, 0.717) is 12.8 Å². The number of aliphatic hydroxyl groups excluding tert-OH is 1. The molecule has 0 saturated heterocycles. The van der Waals surface area contributed by atoms with Gasteiger partial charge in [0.2, 0.25) is 5.91 Å². The maximum absolute atomic E-state index is 13.8. The first-order chi connectivity index (χ1) is 24.6. The molecule has 1 aliphatic rings. The summed E-state index contributed by atoms with van der Waals surface area (Å²) in [5, 5.41) is 22.0. The number of amides is 4. The normalized spacial score (nSPS) is 18.2. The molecule has 280 valence electrons. The van der Waals surface area contributed by atoms with Gasteiger partial charge >= 0.3 is 12.2 Å². The van der Waals surface area contributed by atoms with Gasteiger partial charge in [0, 0.05) is 25.0 Å². The van der Waals surface area contributed by atoms with Crippen molar-refractivity contribution >= 4 is 24.0 Å². The Labute approximate surface area is 306 Å². The maximum atomic E-state index is 13.8. The molecule has 1 aliphatic carbocycles. The second kappa shape index (κ2) is 17.5. The molecule has 1 saturated carbocycles. The maximum Gasteiger partial charge on any atom is 0.407 e. The fraction of sp³-hybridized carbons (Fsp3) is 0.450. The summed E-state index contributed by atoms with van der Waals surface area (Å²) in [5.74, 6) is -1.15. The average molecular weight is 716 g/mol. The highest BCUT2D eigenvalue weighted by molar-refractivity contribution is 5.86. The van der Waals surface area contributed by atoms with E-state index in [0.717, 1.165) is 22.3 Å². The van der Waals surface area contributed by atoms with Gasteiger partial charge in [0.25, 0.3) is 5.91 Å². The number of hydrogen-bond donors (Lipinski definition) is 5. The Balaban J connectivity index is 1.59. The zero-order valence-electron chi connectivity index (χ0n) is 31.1. The summed E-state index contributed by atoms with van der Waals surface area (Å²) < 4.78 is 9.55. The van der Waals surface area contributed by atoms with Crippen molar-refractivity contribution in [2.45, 2.75) is 78.2 Å². The summed E-state index contributed by atoms with van der Waals surface area (Å²) >= 11 is 0. The van der Waals surface area contributed by atoms with Gasteiger partial charge in [0.1, 0.15) is 6.04 Å². The Morgan fingerprint density at radius 2 is 1.40 bits per heavy atom. The monoisotopic (exact) mass is 715 g/mol. The van der Waals surface area contributed by atoms with Gasteiger partial charge in [0.15, 0.2) is 0 Å². The molecule has 5 N–H and O–H groups in total. The Kier molecular flexibility index (Phi) is 13.4. The average Bonchev–Trinajstić information content (AvgIpc) is 3.12. The molecule has 0 aliphatic heterocycles. The molecule has 3 aromatic carbocycles. The second-order valence-electron chi connectivity index (χ2n) is 15.0. The fourth-order valence-electron chi connectivity index (χ4n) is 6.48. The molecule has 5 atom stereocenters. The minimum Gasteiger partial charge on any atom is -0.453 e. The van der Waals surface area contributed by atoms with Crippen molar-refractivity contribution in [3.05, 3.63) is 96.1 Å². The number of carbonyl (C=O) groups is 4. The van der Waals surface area contributed by atoms with E-state index in [1.807, 2.05) is 120 Å². The number of nitrogens with zero attached hydrogens (tertiary/aromatic N) is 1. The highest BCUT2D eigenvalue weighted by atomic mass is 16.5. The van der Waals surface area contributed by atoms with E-state index in [9.17, 15) is 24.3 Å². The van der Waals surface area contributed by atoms with Crippen LogP contribution in [0.1, 0.15) is 52.2 Å². The molecule has 4 amide bonds. The SMILES string of the molecule is COC(=O)NC(C(=O)NN(Cc1ccc(-c2ccccc2)cc1)CC(O)C(Cc1ccccc1)NC(=O)C1CC(NC(=O)OC)C1(C)C)C(C)(C)C. The predicted octanol–water partition coefficient (Wildman–Crippen LogP) is 4.82. The van der Waals surface area contributed by atoms with Crippen molar-refractivity contribution in [3.63, 3.8) is 0 Å². The third kappa shape index (κ3) is 10.5. The molecule has 4 rings (SSSR count). The highest BCUT2D eigenvalue weighted by Gasteiger charge is 2.53. The van der Waals surface area contributed by atoms with Crippen LogP contribution in [0.25, 0.3) is 11.1 Å². The van der Waals surface area contributed by atoms with Crippen LogP contribution in [0.4, 0.5) is 9.59 Å². The van der Waals surface area contributed by atoms with Crippen LogP contribution in [0.3, 0.4) is 0 Å². The zero-order valence-corrected chi connectivity index (χ0v) is 31.1. The van der Waals surface area contributed by atoms with Crippen LogP contribution in [-0.2, 0) is 32.0 Å². The van der Waals surface area contributed by atoms with E-state index < -0.39 is 53.0 Å². The number of hydrazine groups is 1. The molecular formula is C40H53N5O7. The molecule has 1 fully saturated rings. The van der Waals surface area contributed by atoms with Crippen molar-refractivity contribution in [1.82, 2.24) is 26.4 Å². The molecule has 0 radical (unpaired) electrons. The van der Waals surface area contributed by atoms with Gasteiger partial charge in [-0.3, -0.25) is 15.0 Å². The first-order valence-corrected chi connectivity index (χ1v) is 17.5. The van der Waals surface area contributed by atoms with Gasteiger partial charge in [-0.05, 0) is 45.9 Å². The molecule has 0 aromatic heterocycles. The van der Waals surface area contributed by atoms with Crippen LogP contribution in [-0.4, -0.2) is 79.1 Å². The van der Waals surface area contributed by atoms with Crippen LogP contribution in [0.15, 0.2) is 84.9 Å². The van der Waals surface area contributed by atoms with Crippen LogP contribution in [0.5, 0.6) is 0 Å². The molecule has 5 unspecified atom stereocenters. The van der Waals surface area contributed by atoms with Crippen molar-refractivity contribution in [3.8, 4) is 11.1 Å². The first-order valence-electron chi connectivity index (χ1n) is 17.5. The number of carbonyl (C=O) groups excluding carboxylic acids is 4. The largest absolute Gasteiger partial charge is 0.453 e. The van der Waals surface area contributed by atoms with E-state index in [1.54, 1.807) is 5.01 Å². The number of methoxy groups -OCH3 is 2. The summed E-state index contributed by atoms with van der Waals surface area (Å²) in [6.45, 7) is 9.47. The minimum absolute atomic E-state index is 0.0559. The smallest absolute Gasteiger partial charge is 0.407 e. The number of aliphatic hydroxyl groups is 1. The van der Waals surface area contributed by atoms with Crippen LogP contribution in [0.2, 0.25) is 0 Å². The molecule has 0 heterocycles. The van der Waals surface area contributed by atoms with Crippen LogP contribution < -0.4 is 21.4 Å². The molecule has 12 nitrogen and oxygen atoms in total. The molecule has 12 heteroatoms. The third-order valence-corrected chi connectivity index (χ3v) is 9.84. The fourth-order valence-corrected chi connectivity index (χ4v) is 6.48. The van der Waals surface area contributed by atoms with Gasteiger partial charge in [0.05, 0.1) is 26.4 Å². The number of ether oxygens (including phenoxy) is 2. The summed E-state index contributed by atoms with van der Waals surface area (Å²) in [5.41, 5.74) is 5.58. The molecule has 0 bridgehead atoms. The Bertz CT molecular complexity index is 1640. The van der Waals surface area contributed by atoms with Crippen molar-refractivity contribution in [2.75, 3.05) is 20.8 Å². The van der Waals surface area contributed by atoms with Crippen LogP contribution >= 0.6 is 0 Å². The summed E-state index contributed by atoms with van der Waals surface area (Å²) in [4.78, 5) is 51.7. The van der Waals surface area contributed by atoms with E-state index in [-0.39, 0.29) is 25.0 Å². The van der Waals surface area contributed by atoms with Crippen molar-refractivity contribution in [2.24, 2.45) is 16.7 Å². The minimum atomic E-state index is -1.14. The van der Waals surface area contributed by atoms with Crippen molar-refractivity contribution in [1.29, 1.82) is 0 Å². The number of alkyl carbamates (subject to hydrolysis) is 2. The lowest BCUT2D eigenvalue weighted by molar-refractivity contribution is -0.139. The summed E-state index contributed by atoms with van der Waals surface area (Å²) in [6, 6.07) is 25.5. The lowest BCUT2D eigenvalue weighted by Gasteiger charge is -2.51. The van der Waals surface area contributed by atoms with Gasteiger partial charge in [-0.2, -0.15) is 0 Å². The first kappa shape index (κ1) is 39.8. The zero-order chi connectivity index (χ0) is 38.1. The number of hydrogen-bond acceptors (Lipinski definition) is 8. The van der Waals surface area contributed by atoms with E-state index in [4.69, 9.17) is 9.47 Å². The summed E-state index contributed by atoms with van der Waals surface area (Å²) in [6.07, 6.45) is -1.69.